The van der Waals surface area contributed by atoms with Gasteiger partial charge in [-0.15, -0.1) is 0 Å². The SMILES string of the molecule is O=C(/C=C/c1ccc(OCc2ccccc2)cc1)Nc1ccc2c(c1)N(Cc1ccccc1Cl)C(=O)CO2. The molecule has 4 aromatic rings. The highest BCUT2D eigenvalue weighted by atomic mass is 35.5. The first kappa shape index (κ1) is 25.1. The first-order valence-corrected chi connectivity index (χ1v) is 12.5. The van der Waals surface area contributed by atoms with Crippen molar-refractivity contribution in [2.24, 2.45) is 0 Å². The summed E-state index contributed by atoms with van der Waals surface area (Å²) in [4.78, 5) is 26.9. The molecule has 1 aliphatic rings. The minimum absolute atomic E-state index is 0.0536. The van der Waals surface area contributed by atoms with Crippen molar-refractivity contribution in [1.82, 2.24) is 0 Å². The van der Waals surface area contributed by atoms with Gasteiger partial charge in [-0.25, -0.2) is 0 Å². The molecule has 190 valence electrons. The first-order chi connectivity index (χ1) is 18.5. The molecule has 5 rings (SSSR count). The van der Waals surface area contributed by atoms with E-state index in [2.05, 4.69) is 5.32 Å². The van der Waals surface area contributed by atoms with Crippen LogP contribution in [0.25, 0.3) is 6.08 Å². The van der Waals surface area contributed by atoms with Crippen LogP contribution in [0.5, 0.6) is 11.5 Å². The second-order valence-corrected chi connectivity index (χ2v) is 9.12. The van der Waals surface area contributed by atoms with Gasteiger partial charge in [0.15, 0.2) is 6.61 Å². The summed E-state index contributed by atoms with van der Waals surface area (Å²) < 4.78 is 11.4. The molecular formula is C31H25ClN2O4. The molecule has 1 N–H and O–H groups in total. The smallest absolute Gasteiger partial charge is 0.265 e. The standard InChI is InChI=1S/C31H25ClN2O4/c32-27-9-5-4-8-24(27)19-34-28-18-25(13-16-29(28)38-21-31(34)36)33-30(35)17-12-22-10-14-26(15-11-22)37-20-23-6-2-1-3-7-23/h1-18H,19-21H2,(H,33,35)/b17-12+. The number of halogens is 1. The lowest BCUT2D eigenvalue weighted by Crippen LogP contribution is -2.38. The Kier molecular flexibility index (Phi) is 7.71. The van der Waals surface area contributed by atoms with Crippen molar-refractivity contribution in [3.63, 3.8) is 0 Å². The van der Waals surface area contributed by atoms with Crippen LogP contribution in [0, 0.1) is 0 Å². The number of ether oxygens (including phenoxy) is 2. The van der Waals surface area contributed by atoms with Crippen molar-refractivity contribution in [3.05, 3.63) is 125 Å². The Hall–Kier alpha value is -4.55. The van der Waals surface area contributed by atoms with Crippen molar-refractivity contribution in [3.8, 4) is 11.5 Å². The number of nitrogens with one attached hydrogen (secondary N) is 1. The Morgan fingerprint density at radius 2 is 1.74 bits per heavy atom. The highest BCUT2D eigenvalue weighted by Crippen LogP contribution is 2.36. The molecule has 0 bridgehead atoms. The van der Waals surface area contributed by atoms with E-state index in [-0.39, 0.29) is 18.4 Å². The molecule has 0 atom stereocenters. The van der Waals surface area contributed by atoms with E-state index in [0.717, 1.165) is 22.4 Å². The minimum atomic E-state index is -0.296. The van der Waals surface area contributed by atoms with E-state index in [1.165, 1.54) is 6.08 Å². The summed E-state index contributed by atoms with van der Waals surface area (Å²) in [5.41, 5.74) is 3.91. The molecule has 1 heterocycles. The van der Waals surface area contributed by atoms with Gasteiger partial charge in [-0.05, 0) is 59.2 Å². The van der Waals surface area contributed by atoms with Gasteiger partial charge in [-0.3, -0.25) is 9.59 Å². The maximum atomic E-state index is 12.7. The lowest BCUT2D eigenvalue weighted by atomic mass is 10.1. The highest BCUT2D eigenvalue weighted by Gasteiger charge is 2.26. The number of hydrogen-bond acceptors (Lipinski definition) is 4. The number of anilines is 2. The third kappa shape index (κ3) is 6.22. The number of benzene rings is 4. The number of carbonyl (C=O) groups excluding carboxylic acids is 2. The minimum Gasteiger partial charge on any atom is -0.489 e. The summed E-state index contributed by atoms with van der Waals surface area (Å²) in [7, 11) is 0. The Morgan fingerprint density at radius 3 is 2.53 bits per heavy atom. The molecule has 7 heteroatoms. The number of fused-ring (bicyclic) bond motifs is 1. The van der Waals surface area contributed by atoms with Crippen molar-refractivity contribution in [1.29, 1.82) is 0 Å². The fourth-order valence-electron chi connectivity index (χ4n) is 4.02. The topological polar surface area (TPSA) is 67.9 Å². The van der Waals surface area contributed by atoms with Crippen molar-refractivity contribution in [2.45, 2.75) is 13.2 Å². The van der Waals surface area contributed by atoms with Crippen LogP contribution in [0.1, 0.15) is 16.7 Å². The van der Waals surface area contributed by atoms with E-state index in [1.807, 2.05) is 72.8 Å². The van der Waals surface area contributed by atoms with E-state index in [4.69, 9.17) is 21.1 Å². The molecule has 0 radical (unpaired) electrons. The van der Waals surface area contributed by atoms with Crippen LogP contribution in [0.15, 0.2) is 103 Å². The maximum Gasteiger partial charge on any atom is 0.265 e. The predicted molar refractivity (Wildman–Crippen MR) is 149 cm³/mol. The highest BCUT2D eigenvalue weighted by molar-refractivity contribution is 6.31. The van der Waals surface area contributed by atoms with Gasteiger partial charge < -0.3 is 19.7 Å². The molecule has 0 aromatic heterocycles. The molecule has 0 saturated carbocycles. The quantitative estimate of drug-likeness (QED) is 0.267. The van der Waals surface area contributed by atoms with Crippen LogP contribution in [0.2, 0.25) is 5.02 Å². The summed E-state index contributed by atoms with van der Waals surface area (Å²) >= 11 is 6.31. The Morgan fingerprint density at radius 1 is 0.974 bits per heavy atom. The fraction of sp³-hybridized carbons (Fsp3) is 0.0968. The summed E-state index contributed by atoms with van der Waals surface area (Å²) in [6, 6.07) is 30.1. The molecular weight excluding hydrogens is 500 g/mol. The second kappa shape index (κ2) is 11.7. The maximum absolute atomic E-state index is 12.7. The monoisotopic (exact) mass is 524 g/mol. The third-order valence-electron chi connectivity index (χ3n) is 6.01. The Balaban J connectivity index is 1.22. The van der Waals surface area contributed by atoms with Crippen LogP contribution in [-0.4, -0.2) is 18.4 Å². The number of rotatable bonds is 8. The number of carbonyl (C=O) groups is 2. The largest absolute Gasteiger partial charge is 0.489 e. The Labute approximate surface area is 226 Å². The molecule has 0 saturated heterocycles. The van der Waals surface area contributed by atoms with Gasteiger partial charge in [0, 0.05) is 16.8 Å². The van der Waals surface area contributed by atoms with Gasteiger partial charge in [0.1, 0.15) is 18.1 Å². The summed E-state index contributed by atoms with van der Waals surface area (Å²) in [5, 5.41) is 3.43. The fourth-order valence-corrected chi connectivity index (χ4v) is 4.22. The molecule has 0 spiro atoms. The van der Waals surface area contributed by atoms with Crippen LogP contribution in [-0.2, 0) is 22.7 Å². The molecule has 4 aromatic carbocycles. The normalized spacial score (nSPS) is 12.7. The van der Waals surface area contributed by atoms with Crippen LogP contribution in [0.3, 0.4) is 0 Å². The zero-order valence-corrected chi connectivity index (χ0v) is 21.2. The lowest BCUT2D eigenvalue weighted by molar-refractivity contribution is -0.121. The average Bonchev–Trinajstić information content (AvgIpc) is 2.94. The molecule has 1 aliphatic heterocycles. The first-order valence-electron chi connectivity index (χ1n) is 12.1. The number of hydrogen-bond donors (Lipinski definition) is 1. The molecule has 0 fully saturated rings. The predicted octanol–water partition coefficient (Wildman–Crippen LogP) is 6.50. The third-order valence-corrected chi connectivity index (χ3v) is 6.38. The van der Waals surface area contributed by atoms with Crippen molar-refractivity contribution >= 4 is 40.9 Å². The van der Waals surface area contributed by atoms with E-state index >= 15 is 0 Å². The number of nitrogens with zero attached hydrogens (tertiary/aromatic N) is 1. The van der Waals surface area contributed by atoms with E-state index < -0.39 is 0 Å². The Bertz CT molecular complexity index is 1470. The van der Waals surface area contributed by atoms with Crippen LogP contribution in [0.4, 0.5) is 11.4 Å². The lowest BCUT2D eigenvalue weighted by Gasteiger charge is -2.30. The second-order valence-electron chi connectivity index (χ2n) is 8.71. The van der Waals surface area contributed by atoms with Gasteiger partial charge in [0.2, 0.25) is 5.91 Å². The van der Waals surface area contributed by atoms with Crippen LogP contribution < -0.4 is 19.7 Å². The van der Waals surface area contributed by atoms with Crippen molar-refractivity contribution in [2.75, 3.05) is 16.8 Å². The van der Waals surface area contributed by atoms with Crippen LogP contribution >= 0.6 is 11.6 Å². The zero-order chi connectivity index (χ0) is 26.3. The van der Waals surface area contributed by atoms with Gasteiger partial charge in [0.05, 0.1) is 12.2 Å². The van der Waals surface area contributed by atoms with Gasteiger partial charge in [-0.2, -0.15) is 0 Å². The summed E-state index contributed by atoms with van der Waals surface area (Å²) in [6.07, 6.45) is 3.19. The molecule has 6 nitrogen and oxygen atoms in total. The molecule has 38 heavy (non-hydrogen) atoms. The average molecular weight is 525 g/mol. The number of amides is 2. The zero-order valence-electron chi connectivity index (χ0n) is 20.5. The van der Waals surface area contributed by atoms with E-state index in [1.54, 1.807) is 35.2 Å². The van der Waals surface area contributed by atoms with Gasteiger partial charge in [0.25, 0.3) is 5.91 Å². The molecule has 0 unspecified atom stereocenters. The van der Waals surface area contributed by atoms with Gasteiger partial charge in [-0.1, -0.05) is 72.3 Å². The van der Waals surface area contributed by atoms with Gasteiger partial charge >= 0.3 is 0 Å². The van der Waals surface area contributed by atoms with Crippen molar-refractivity contribution < 1.29 is 19.1 Å². The molecule has 0 aliphatic carbocycles. The molecule has 2 amide bonds. The van der Waals surface area contributed by atoms with E-state index in [9.17, 15) is 9.59 Å². The summed E-state index contributed by atoms with van der Waals surface area (Å²) in [5.74, 6) is 0.842. The summed E-state index contributed by atoms with van der Waals surface area (Å²) in [6.45, 7) is 0.741. The van der Waals surface area contributed by atoms with E-state index in [0.29, 0.717) is 35.3 Å².